The topological polar surface area (TPSA) is 46.3 Å². The number of halogens is 3. The third-order valence-corrected chi connectivity index (χ3v) is 5.84. The van der Waals surface area contributed by atoms with Crippen LogP contribution in [0, 0.1) is 23.4 Å². The maximum absolute atomic E-state index is 14.3. The summed E-state index contributed by atoms with van der Waals surface area (Å²) in [6.45, 7) is 1.33. The lowest BCUT2D eigenvalue weighted by Crippen LogP contribution is -2.34. The molecule has 3 unspecified atom stereocenters. The molecule has 6 heteroatoms. The summed E-state index contributed by atoms with van der Waals surface area (Å²) in [5.41, 5.74) is 6.56. The Kier molecular flexibility index (Phi) is 5.15. The molecule has 148 valence electrons. The number of carbonyl (C=O) groups excluding carboxylic acids is 1. The molecule has 2 aliphatic rings. The molecule has 0 radical (unpaired) electrons. The van der Waals surface area contributed by atoms with Gasteiger partial charge in [0.1, 0.15) is 17.5 Å². The number of likely N-dealkylation sites (tertiary alicyclic amines) is 1. The molecule has 1 heterocycles. The molecule has 1 saturated heterocycles. The number of nitrogens with zero attached hydrogens (tertiary/aromatic N) is 1. The van der Waals surface area contributed by atoms with Crippen molar-refractivity contribution in [2.24, 2.45) is 11.7 Å². The molecule has 2 fully saturated rings. The Morgan fingerprint density at radius 2 is 1.79 bits per heavy atom. The second-order valence-corrected chi connectivity index (χ2v) is 7.79. The van der Waals surface area contributed by atoms with Crippen LogP contribution < -0.4 is 5.73 Å². The van der Waals surface area contributed by atoms with Gasteiger partial charge in [-0.1, -0.05) is 12.1 Å². The van der Waals surface area contributed by atoms with Gasteiger partial charge in [0.15, 0.2) is 0 Å². The first-order chi connectivity index (χ1) is 13.5. The van der Waals surface area contributed by atoms with Crippen LogP contribution in [0.1, 0.15) is 37.2 Å². The summed E-state index contributed by atoms with van der Waals surface area (Å²) in [5.74, 6) is -2.36. The summed E-state index contributed by atoms with van der Waals surface area (Å²) in [6.07, 6.45) is 3.18. The Balaban J connectivity index is 1.60. The third kappa shape index (κ3) is 3.65. The molecule has 1 saturated carbocycles. The highest BCUT2D eigenvalue weighted by molar-refractivity contribution is 5.84. The van der Waals surface area contributed by atoms with E-state index in [1.807, 2.05) is 4.90 Å². The first-order valence-electron chi connectivity index (χ1n) is 9.74. The molecule has 2 aromatic rings. The van der Waals surface area contributed by atoms with E-state index in [1.54, 1.807) is 6.07 Å². The van der Waals surface area contributed by atoms with E-state index in [4.69, 9.17) is 5.73 Å². The summed E-state index contributed by atoms with van der Waals surface area (Å²) < 4.78 is 42.5. The zero-order valence-electron chi connectivity index (χ0n) is 15.5. The lowest BCUT2D eigenvalue weighted by atomic mass is 9.94. The van der Waals surface area contributed by atoms with Gasteiger partial charge in [-0.3, -0.25) is 4.79 Å². The number of nitrogens with two attached hydrogens (primary N) is 1. The fraction of sp³-hybridized carbons (Fsp3) is 0.409. The highest BCUT2D eigenvalue weighted by atomic mass is 19.1. The zero-order chi connectivity index (χ0) is 19.8. The van der Waals surface area contributed by atoms with Gasteiger partial charge in [0, 0.05) is 25.0 Å². The molecule has 4 rings (SSSR count). The summed E-state index contributed by atoms with van der Waals surface area (Å²) >= 11 is 0. The Morgan fingerprint density at radius 1 is 1.04 bits per heavy atom. The first-order valence-corrected chi connectivity index (χ1v) is 9.74. The van der Waals surface area contributed by atoms with Gasteiger partial charge in [-0.05, 0) is 67.0 Å². The predicted molar refractivity (Wildman–Crippen MR) is 101 cm³/mol. The van der Waals surface area contributed by atoms with Crippen LogP contribution in [0.4, 0.5) is 13.2 Å². The Bertz CT molecular complexity index is 881. The second-order valence-electron chi connectivity index (χ2n) is 7.79. The Labute approximate surface area is 162 Å². The molecule has 0 spiro atoms. The number of carbonyl (C=O) groups is 1. The van der Waals surface area contributed by atoms with Gasteiger partial charge < -0.3 is 10.6 Å². The molecular formula is C22H23F3N2O. The van der Waals surface area contributed by atoms with Gasteiger partial charge in [0.25, 0.3) is 0 Å². The molecule has 3 atom stereocenters. The van der Waals surface area contributed by atoms with Crippen molar-refractivity contribution < 1.29 is 18.0 Å². The lowest BCUT2D eigenvalue weighted by molar-refractivity contribution is -0.132. The minimum atomic E-state index is -0.739. The molecule has 0 bridgehead atoms. The second kappa shape index (κ2) is 7.59. The van der Waals surface area contributed by atoms with Crippen molar-refractivity contribution >= 4 is 5.91 Å². The van der Waals surface area contributed by atoms with E-state index in [2.05, 4.69) is 0 Å². The SMILES string of the molecule is NC1CCCN(C(=O)C2CC2c2ccc(F)cc2-c2c(F)cccc2F)CC1. The third-order valence-electron chi connectivity index (χ3n) is 5.84. The van der Waals surface area contributed by atoms with Crippen LogP contribution in [0.15, 0.2) is 36.4 Å². The van der Waals surface area contributed by atoms with Gasteiger partial charge in [0.2, 0.25) is 5.91 Å². The van der Waals surface area contributed by atoms with Gasteiger partial charge in [-0.15, -0.1) is 0 Å². The van der Waals surface area contributed by atoms with Crippen molar-refractivity contribution in [3.63, 3.8) is 0 Å². The van der Waals surface area contributed by atoms with E-state index in [1.165, 1.54) is 12.1 Å². The minimum Gasteiger partial charge on any atom is -0.342 e. The fourth-order valence-corrected chi connectivity index (χ4v) is 4.21. The predicted octanol–water partition coefficient (Wildman–Crippen LogP) is 4.21. The van der Waals surface area contributed by atoms with Crippen LogP contribution in [-0.2, 0) is 4.79 Å². The molecule has 0 aromatic heterocycles. The smallest absolute Gasteiger partial charge is 0.226 e. The van der Waals surface area contributed by atoms with E-state index < -0.39 is 17.5 Å². The van der Waals surface area contributed by atoms with Crippen LogP contribution in [-0.4, -0.2) is 29.9 Å². The quantitative estimate of drug-likeness (QED) is 0.856. The van der Waals surface area contributed by atoms with Crippen molar-refractivity contribution in [3.05, 3.63) is 59.4 Å². The Hall–Kier alpha value is -2.34. The largest absolute Gasteiger partial charge is 0.342 e. The summed E-state index contributed by atoms with van der Waals surface area (Å²) in [5, 5.41) is 0. The van der Waals surface area contributed by atoms with Gasteiger partial charge in [0.05, 0.1) is 5.56 Å². The number of rotatable bonds is 3. The van der Waals surface area contributed by atoms with Crippen molar-refractivity contribution in [1.29, 1.82) is 0 Å². The van der Waals surface area contributed by atoms with E-state index in [9.17, 15) is 18.0 Å². The summed E-state index contributed by atoms with van der Waals surface area (Å²) in [7, 11) is 0. The summed E-state index contributed by atoms with van der Waals surface area (Å²) in [4.78, 5) is 14.8. The Morgan fingerprint density at radius 3 is 2.54 bits per heavy atom. The minimum absolute atomic E-state index is 0.0587. The maximum Gasteiger partial charge on any atom is 0.226 e. The number of hydrogen-bond donors (Lipinski definition) is 1. The number of amides is 1. The molecule has 1 aliphatic heterocycles. The van der Waals surface area contributed by atoms with Crippen molar-refractivity contribution in [3.8, 4) is 11.1 Å². The van der Waals surface area contributed by atoms with Gasteiger partial charge in [-0.2, -0.15) is 0 Å². The zero-order valence-corrected chi connectivity index (χ0v) is 15.5. The van der Waals surface area contributed by atoms with E-state index in [0.29, 0.717) is 25.1 Å². The highest BCUT2D eigenvalue weighted by Crippen LogP contribution is 2.51. The number of hydrogen-bond acceptors (Lipinski definition) is 2. The van der Waals surface area contributed by atoms with Crippen molar-refractivity contribution in [1.82, 2.24) is 4.90 Å². The van der Waals surface area contributed by atoms with Gasteiger partial charge >= 0.3 is 0 Å². The highest BCUT2D eigenvalue weighted by Gasteiger charge is 2.47. The van der Waals surface area contributed by atoms with Crippen LogP contribution >= 0.6 is 0 Å². The van der Waals surface area contributed by atoms with Crippen molar-refractivity contribution in [2.45, 2.75) is 37.6 Å². The van der Waals surface area contributed by atoms with Crippen LogP contribution in [0.25, 0.3) is 11.1 Å². The number of benzene rings is 2. The molecule has 1 aliphatic carbocycles. The summed E-state index contributed by atoms with van der Waals surface area (Å²) in [6, 6.07) is 7.70. The molecule has 3 nitrogen and oxygen atoms in total. The van der Waals surface area contributed by atoms with Crippen LogP contribution in [0.3, 0.4) is 0 Å². The molecule has 2 aromatic carbocycles. The van der Waals surface area contributed by atoms with E-state index in [-0.39, 0.29) is 34.9 Å². The molecule has 2 N–H and O–H groups in total. The lowest BCUT2D eigenvalue weighted by Gasteiger charge is -2.21. The van der Waals surface area contributed by atoms with Crippen molar-refractivity contribution in [2.75, 3.05) is 13.1 Å². The normalized spacial score (nSPS) is 24.7. The monoisotopic (exact) mass is 388 g/mol. The molecule has 28 heavy (non-hydrogen) atoms. The average Bonchev–Trinajstić information content (AvgIpc) is 3.46. The standard InChI is InChI=1S/C22H23F3N2O/c23-13-6-7-15(17(11-13)21-19(24)4-1-5-20(21)25)16-12-18(16)22(28)27-9-2-3-14(26)8-10-27/h1,4-7,11,14,16,18H,2-3,8-10,12,26H2. The first kappa shape index (κ1) is 19.0. The average molecular weight is 388 g/mol. The van der Waals surface area contributed by atoms with E-state index in [0.717, 1.165) is 37.5 Å². The van der Waals surface area contributed by atoms with Crippen LogP contribution in [0.5, 0.6) is 0 Å². The fourth-order valence-electron chi connectivity index (χ4n) is 4.21. The van der Waals surface area contributed by atoms with Crippen LogP contribution in [0.2, 0.25) is 0 Å². The van der Waals surface area contributed by atoms with Gasteiger partial charge in [-0.25, -0.2) is 13.2 Å². The maximum atomic E-state index is 14.3. The van der Waals surface area contributed by atoms with E-state index >= 15 is 0 Å². The molecular weight excluding hydrogens is 365 g/mol. The molecule has 1 amide bonds.